The molecule has 22 heavy (non-hydrogen) atoms. The van der Waals surface area contributed by atoms with Crippen molar-refractivity contribution in [3.05, 3.63) is 0 Å². The van der Waals surface area contributed by atoms with Crippen LogP contribution in [0.4, 0.5) is 0 Å². The predicted molar refractivity (Wildman–Crippen MR) is 91.8 cm³/mol. The third-order valence-electron chi connectivity index (χ3n) is 4.45. The van der Waals surface area contributed by atoms with Crippen molar-refractivity contribution in [1.29, 1.82) is 0 Å². The molecule has 130 valence electrons. The minimum atomic E-state index is -0.339. The second kappa shape index (κ2) is 13.8. The summed E-state index contributed by atoms with van der Waals surface area (Å²) < 4.78 is 5.32. The lowest BCUT2D eigenvalue weighted by Crippen LogP contribution is -2.21. The van der Waals surface area contributed by atoms with Gasteiger partial charge in [0.15, 0.2) is 0 Å². The van der Waals surface area contributed by atoms with Crippen LogP contribution in [0.25, 0.3) is 0 Å². The van der Waals surface area contributed by atoms with Crippen LogP contribution in [-0.2, 0) is 14.3 Å². The molecule has 0 rings (SSSR count). The van der Waals surface area contributed by atoms with Crippen molar-refractivity contribution in [2.24, 2.45) is 11.8 Å². The van der Waals surface area contributed by atoms with Gasteiger partial charge >= 0.3 is 5.97 Å². The molecule has 0 aromatic heterocycles. The van der Waals surface area contributed by atoms with E-state index in [2.05, 4.69) is 20.8 Å². The Kier molecular flexibility index (Phi) is 13.2. The predicted octanol–water partition coefficient (Wildman–Crippen LogP) is 5.31. The van der Waals surface area contributed by atoms with Crippen molar-refractivity contribution >= 4 is 11.8 Å². The molecule has 0 spiro atoms. The second-order valence-electron chi connectivity index (χ2n) is 6.34. The number of Topliss-reactive ketones (excluding diaryl/α,β-unsaturated/α-hetero) is 1. The first-order valence-electron chi connectivity index (χ1n) is 9.27. The fourth-order valence-corrected chi connectivity index (χ4v) is 2.68. The van der Waals surface area contributed by atoms with Gasteiger partial charge in [0.1, 0.15) is 12.2 Å². The zero-order valence-corrected chi connectivity index (χ0v) is 15.2. The van der Waals surface area contributed by atoms with E-state index < -0.39 is 0 Å². The molecule has 2 unspecified atom stereocenters. The van der Waals surface area contributed by atoms with E-state index in [0.29, 0.717) is 12.5 Å². The Balaban J connectivity index is 4.08. The quantitative estimate of drug-likeness (QED) is 0.248. The lowest BCUT2D eigenvalue weighted by Gasteiger charge is -2.16. The molecule has 2 atom stereocenters. The van der Waals surface area contributed by atoms with E-state index in [1.165, 1.54) is 12.8 Å². The number of rotatable bonds is 14. The minimum Gasteiger partial charge on any atom is -0.465 e. The third-order valence-corrected chi connectivity index (χ3v) is 4.45. The van der Waals surface area contributed by atoms with E-state index in [1.807, 2.05) is 6.92 Å². The molecular formula is C19H36O3. The summed E-state index contributed by atoms with van der Waals surface area (Å²) in [6.45, 7) is 8.94. The zero-order valence-electron chi connectivity index (χ0n) is 15.2. The van der Waals surface area contributed by atoms with Crippen molar-refractivity contribution in [3.63, 3.8) is 0 Å². The van der Waals surface area contributed by atoms with E-state index in [-0.39, 0.29) is 24.1 Å². The van der Waals surface area contributed by atoms with E-state index >= 15 is 0 Å². The van der Waals surface area contributed by atoms with Gasteiger partial charge in [0, 0.05) is 5.92 Å². The number of carbonyl (C=O) groups excluding carboxylic acids is 2. The van der Waals surface area contributed by atoms with Crippen LogP contribution in [0.15, 0.2) is 0 Å². The number of esters is 1. The fraction of sp³-hybridized carbons (Fsp3) is 0.895. The molecule has 0 aliphatic carbocycles. The molecule has 0 bridgehead atoms. The van der Waals surface area contributed by atoms with E-state index in [4.69, 9.17) is 4.74 Å². The van der Waals surface area contributed by atoms with E-state index in [0.717, 1.165) is 44.9 Å². The van der Waals surface area contributed by atoms with Gasteiger partial charge in [-0.25, -0.2) is 0 Å². The summed E-state index contributed by atoms with van der Waals surface area (Å²) in [5.41, 5.74) is 0. The molecule has 0 radical (unpaired) electrons. The molecule has 3 nitrogen and oxygen atoms in total. The van der Waals surface area contributed by atoms with Gasteiger partial charge in [0.2, 0.25) is 0 Å². The maximum Gasteiger partial charge on any atom is 0.313 e. The highest BCUT2D eigenvalue weighted by molar-refractivity contribution is 5.96. The summed E-state index contributed by atoms with van der Waals surface area (Å²) in [5, 5.41) is 0. The average Bonchev–Trinajstić information content (AvgIpc) is 2.51. The van der Waals surface area contributed by atoms with Crippen LogP contribution in [0.1, 0.15) is 91.9 Å². The van der Waals surface area contributed by atoms with Gasteiger partial charge in [0.25, 0.3) is 0 Å². The monoisotopic (exact) mass is 312 g/mol. The largest absolute Gasteiger partial charge is 0.465 e. The van der Waals surface area contributed by atoms with Crippen LogP contribution in [-0.4, -0.2) is 18.4 Å². The Morgan fingerprint density at radius 2 is 1.55 bits per heavy atom. The van der Waals surface area contributed by atoms with Gasteiger partial charge in [-0.05, 0) is 25.2 Å². The normalized spacial score (nSPS) is 13.6. The molecule has 0 fully saturated rings. The van der Waals surface area contributed by atoms with Gasteiger partial charge in [0.05, 0.1) is 6.61 Å². The Morgan fingerprint density at radius 3 is 2.09 bits per heavy atom. The first-order chi connectivity index (χ1) is 10.6. The number of ketones is 1. The van der Waals surface area contributed by atoms with Crippen molar-refractivity contribution < 1.29 is 14.3 Å². The molecule has 0 aromatic carbocycles. The SMILES string of the molecule is CCCCCC(CC)C(=O)CC(=O)OCC(CC)CCCC. The summed E-state index contributed by atoms with van der Waals surface area (Å²) >= 11 is 0. The fourth-order valence-electron chi connectivity index (χ4n) is 2.68. The topological polar surface area (TPSA) is 43.4 Å². The summed E-state index contributed by atoms with van der Waals surface area (Å²) in [6.07, 6.45) is 9.53. The van der Waals surface area contributed by atoms with Crippen LogP contribution in [0.2, 0.25) is 0 Å². The summed E-state index contributed by atoms with van der Waals surface area (Å²) in [7, 11) is 0. The summed E-state index contributed by atoms with van der Waals surface area (Å²) in [6, 6.07) is 0. The van der Waals surface area contributed by atoms with Crippen LogP contribution in [0.5, 0.6) is 0 Å². The van der Waals surface area contributed by atoms with Gasteiger partial charge in [-0.1, -0.05) is 66.2 Å². The number of ether oxygens (including phenoxy) is 1. The zero-order chi connectivity index (χ0) is 16.8. The highest BCUT2D eigenvalue weighted by atomic mass is 16.5. The molecule has 0 saturated carbocycles. The molecule has 0 amide bonds. The Morgan fingerprint density at radius 1 is 0.864 bits per heavy atom. The van der Waals surface area contributed by atoms with Crippen LogP contribution in [0, 0.1) is 11.8 Å². The lowest BCUT2D eigenvalue weighted by molar-refractivity contribution is -0.148. The standard InChI is InChI=1S/C19H36O3/c1-5-9-11-13-17(8-4)18(20)14-19(21)22-15-16(7-3)12-10-6-2/h16-17H,5-15H2,1-4H3. The molecule has 0 heterocycles. The van der Waals surface area contributed by atoms with E-state index in [9.17, 15) is 9.59 Å². The smallest absolute Gasteiger partial charge is 0.313 e. The molecule has 0 aliphatic rings. The molecule has 3 heteroatoms. The van der Waals surface area contributed by atoms with Gasteiger partial charge < -0.3 is 4.74 Å². The summed E-state index contributed by atoms with van der Waals surface area (Å²) in [4.78, 5) is 24.0. The van der Waals surface area contributed by atoms with Crippen molar-refractivity contribution in [2.45, 2.75) is 91.9 Å². The molecule has 0 saturated heterocycles. The van der Waals surface area contributed by atoms with Gasteiger partial charge in [-0.3, -0.25) is 9.59 Å². The van der Waals surface area contributed by atoms with Crippen molar-refractivity contribution in [2.75, 3.05) is 6.61 Å². The number of carbonyl (C=O) groups is 2. The first-order valence-corrected chi connectivity index (χ1v) is 9.27. The first kappa shape index (κ1) is 21.1. The van der Waals surface area contributed by atoms with Crippen LogP contribution < -0.4 is 0 Å². The van der Waals surface area contributed by atoms with Crippen LogP contribution in [0.3, 0.4) is 0 Å². The van der Waals surface area contributed by atoms with Gasteiger partial charge in [-0.15, -0.1) is 0 Å². The Bertz CT molecular complexity index is 299. The van der Waals surface area contributed by atoms with E-state index in [1.54, 1.807) is 0 Å². The highest BCUT2D eigenvalue weighted by Gasteiger charge is 2.20. The molecular weight excluding hydrogens is 276 g/mol. The number of hydrogen-bond donors (Lipinski definition) is 0. The lowest BCUT2D eigenvalue weighted by atomic mass is 9.92. The van der Waals surface area contributed by atoms with Crippen molar-refractivity contribution in [3.8, 4) is 0 Å². The van der Waals surface area contributed by atoms with Crippen LogP contribution >= 0.6 is 0 Å². The third kappa shape index (κ3) is 9.97. The summed E-state index contributed by atoms with van der Waals surface area (Å²) in [5.74, 6) is 0.186. The second-order valence-corrected chi connectivity index (χ2v) is 6.34. The number of hydrogen-bond acceptors (Lipinski definition) is 3. The maximum atomic E-state index is 12.2. The highest BCUT2D eigenvalue weighted by Crippen LogP contribution is 2.17. The van der Waals surface area contributed by atoms with Gasteiger partial charge in [-0.2, -0.15) is 0 Å². The Labute approximate surface area is 137 Å². The molecule has 0 aromatic rings. The Hall–Kier alpha value is -0.860. The minimum absolute atomic E-state index is 0.0289. The van der Waals surface area contributed by atoms with Crippen molar-refractivity contribution in [1.82, 2.24) is 0 Å². The molecule has 0 N–H and O–H groups in total. The average molecular weight is 312 g/mol. The molecule has 0 aliphatic heterocycles. The maximum absolute atomic E-state index is 12.2. The number of unbranched alkanes of at least 4 members (excludes halogenated alkanes) is 3.